The lowest BCUT2D eigenvalue weighted by molar-refractivity contribution is -0.384. The van der Waals surface area contributed by atoms with Crippen LogP contribution in [0, 0.1) is 10.1 Å². The molecule has 8 heteroatoms. The molecule has 2 unspecified atom stereocenters. The van der Waals surface area contributed by atoms with E-state index >= 15 is 0 Å². The first-order valence-electron chi connectivity index (χ1n) is 5.64. The van der Waals surface area contributed by atoms with Crippen molar-refractivity contribution in [3.05, 3.63) is 16.3 Å². The molecular weight excluding hydrogens is 254 g/mol. The van der Waals surface area contributed by atoms with Gasteiger partial charge in [-0.25, -0.2) is 4.98 Å². The molecule has 98 valence electrons. The number of rotatable bonds is 2. The molecule has 2 heterocycles. The van der Waals surface area contributed by atoms with Gasteiger partial charge in [0.25, 0.3) is 0 Å². The fraction of sp³-hybridized carbons (Fsp3) is 0.600. The predicted molar refractivity (Wildman–Crippen MR) is 71.8 cm³/mol. The Labute approximate surface area is 109 Å². The van der Waals surface area contributed by atoms with Gasteiger partial charge in [-0.2, -0.15) is 16.7 Å². The van der Waals surface area contributed by atoms with Gasteiger partial charge in [-0.1, -0.05) is 13.8 Å². The number of nitrogen functional groups attached to an aromatic ring is 1. The first kappa shape index (κ1) is 12.9. The van der Waals surface area contributed by atoms with Gasteiger partial charge in [0.15, 0.2) is 0 Å². The first-order valence-corrected chi connectivity index (χ1v) is 6.59. The summed E-state index contributed by atoms with van der Waals surface area (Å²) < 4.78 is 0. The van der Waals surface area contributed by atoms with Gasteiger partial charge >= 0.3 is 5.69 Å². The molecule has 2 atom stereocenters. The Kier molecular flexibility index (Phi) is 3.55. The summed E-state index contributed by atoms with van der Waals surface area (Å²) >= 11 is 1.87. The van der Waals surface area contributed by atoms with Gasteiger partial charge in [0.2, 0.25) is 11.8 Å². The SMILES string of the molecule is CC1CN(c2nc(N)ncc2[N+](=O)[O-])CC(C)S1. The average molecular weight is 269 g/mol. The Hall–Kier alpha value is -1.57. The zero-order valence-electron chi connectivity index (χ0n) is 10.2. The zero-order valence-corrected chi connectivity index (χ0v) is 11.1. The van der Waals surface area contributed by atoms with Crippen LogP contribution in [0.4, 0.5) is 17.5 Å². The third-order valence-corrected chi connectivity index (χ3v) is 3.91. The molecule has 1 aliphatic rings. The molecule has 1 fully saturated rings. The smallest absolute Gasteiger partial charge is 0.329 e. The van der Waals surface area contributed by atoms with Crippen LogP contribution in [0.2, 0.25) is 0 Å². The number of hydrogen-bond donors (Lipinski definition) is 1. The second kappa shape index (κ2) is 4.97. The van der Waals surface area contributed by atoms with E-state index in [9.17, 15) is 10.1 Å². The molecule has 0 bridgehead atoms. The van der Waals surface area contributed by atoms with Crippen molar-refractivity contribution < 1.29 is 4.92 Å². The maximum Gasteiger partial charge on any atom is 0.329 e. The monoisotopic (exact) mass is 269 g/mol. The molecule has 0 saturated carbocycles. The minimum atomic E-state index is -0.466. The number of anilines is 2. The van der Waals surface area contributed by atoms with Crippen molar-refractivity contribution in [1.29, 1.82) is 0 Å². The molecule has 1 saturated heterocycles. The highest BCUT2D eigenvalue weighted by Crippen LogP contribution is 2.32. The van der Waals surface area contributed by atoms with Crippen LogP contribution in [0.15, 0.2) is 6.20 Å². The van der Waals surface area contributed by atoms with Gasteiger partial charge in [-0.15, -0.1) is 0 Å². The molecule has 0 spiro atoms. The Morgan fingerprint density at radius 1 is 1.50 bits per heavy atom. The molecule has 0 amide bonds. The average Bonchev–Trinajstić information content (AvgIpc) is 2.27. The molecule has 0 radical (unpaired) electrons. The summed E-state index contributed by atoms with van der Waals surface area (Å²) in [6, 6.07) is 0. The lowest BCUT2D eigenvalue weighted by atomic mass is 10.3. The standard InChI is InChI=1S/C10H15N5O2S/c1-6-4-14(5-7(2)18-6)9-8(15(16)17)3-12-10(11)13-9/h3,6-7H,4-5H2,1-2H3,(H2,11,12,13). The second-order valence-corrected chi connectivity index (χ2v) is 6.24. The zero-order chi connectivity index (χ0) is 13.3. The highest BCUT2D eigenvalue weighted by atomic mass is 32.2. The van der Waals surface area contributed by atoms with E-state index in [-0.39, 0.29) is 11.6 Å². The molecule has 1 aromatic heterocycles. The number of aromatic nitrogens is 2. The fourth-order valence-electron chi connectivity index (χ4n) is 2.09. The largest absolute Gasteiger partial charge is 0.368 e. The Morgan fingerprint density at radius 3 is 2.67 bits per heavy atom. The molecule has 2 rings (SSSR count). The van der Waals surface area contributed by atoms with Crippen LogP contribution in [0.1, 0.15) is 13.8 Å². The highest BCUT2D eigenvalue weighted by Gasteiger charge is 2.29. The van der Waals surface area contributed by atoms with Crippen molar-refractivity contribution in [2.24, 2.45) is 0 Å². The quantitative estimate of drug-likeness (QED) is 0.638. The number of thioether (sulfide) groups is 1. The first-order chi connectivity index (χ1) is 8.47. The summed E-state index contributed by atoms with van der Waals surface area (Å²) in [7, 11) is 0. The minimum Gasteiger partial charge on any atom is -0.368 e. The van der Waals surface area contributed by atoms with Gasteiger partial charge in [-0.05, 0) is 0 Å². The fourth-order valence-corrected chi connectivity index (χ4v) is 3.42. The summed E-state index contributed by atoms with van der Waals surface area (Å²) in [5.74, 6) is 0.389. The second-order valence-electron chi connectivity index (χ2n) is 4.36. The van der Waals surface area contributed by atoms with E-state index in [1.54, 1.807) is 0 Å². The molecule has 1 aromatic rings. The van der Waals surface area contributed by atoms with Gasteiger partial charge in [0, 0.05) is 23.6 Å². The summed E-state index contributed by atoms with van der Waals surface area (Å²) in [4.78, 5) is 20.2. The topological polar surface area (TPSA) is 98.2 Å². The van der Waals surface area contributed by atoms with Crippen LogP contribution in [-0.4, -0.2) is 38.5 Å². The maximum absolute atomic E-state index is 11.0. The molecule has 2 N–H and O–H groups in total. The van der Waals surface area contributed by atoms with E-state index in [0.29, 0.717) is 16.3 Å². The van der Waals surface area contributed by atoms with E-state index in [4.69, 9.17) is 5.73 Å². The third kappa shape index (κ3) is 2.63. The van der Waals surface area contributed by atoms with Crippen molar-refractivity contribution >= 4 is 29.2 Å². The normalized spacial score (nSPS) is 24.0. The van der Waals surface area contributed by atoms with Crippen molar-refractivity contribution in [2.45, 2.75) is 24.3 Å². The summed E-state index contributed by atoms with van der Waals surface area (Å²) in [6.07, 6.45) is 1.18. The molecule has 1 aliphatic heterocycles. The molecule has 7 nitrogen and oxygen atoms in total. The maximum atomic E-state index is 11.0. The van der Waals surface area contributed by atoms with E-state index < -0.39 is 4.92 Å². The van der Waals surface area contributed by atoms with Crippen molar-refractivity contribution in [2.75, 3.05) is 23.7 Å². The number of nitro groups is 1. The van der Waals surface area contributed by atoms with Crippen molar-refractivity contribution in [1.82, 2.24) is 9.97 Å². The van der Waals surface area contributed by atoms with Gasteiger partial charge in [-0.3, -0.25) is 10.1 Å². The van der Waals surface area contributed by atoms with Gasteiger partial charge in [0.1, 0.15) is 6.20 Å². The number of hydrogen-bond acceptors (Lipinski definition) is 7. The van der Waals surface area contributed by atoms with Crippen LogP contribution >= 0.6 is 11.8 Å². The summed E-state index contributed by atoms with van der Waals surface area (Å²) in [5, 5.41) is 11.8. The van der Waals surface area contributed by atoms with Crippen LogP contribution in [0.25, 0.3) is 0 Å². The number of nitrogens with two attached hydrogens (primary N) is 1. The molecular formula is C10H15N5O2S. The van der Waals surface area contributed by atoms with Crippen LogP contribution < -0.4 is 10.6 Å². The summed E-state index contributed by atoms with van der Waals surface area (Å²) in [5.41, 5.74) is 5.44. The lowest BCUT2D eigenvalue weighted by Crippen LogP contribution is -2.41. The van der Waals surface area contributed by atoms with E-state index in [1.807, 2.05) is 16.7 Å². The highest BCUT2D eigenvalue weighted by molar-refractivity contribution is 8.00. The molecule has 18 heavy (non-hydrogen) atoms. The predicted octanol–water partition coefficient (Wildman–Crippen LogP) is 1.30. The summed E-state index contributed by atoms with van der Waals surface area (Å²) in [6.45, 7) is 5.66. The minimum absolute atomic E-state index is 0.0640. The van der Waals surface area contributed by atoms with Crippen LogP contribution in [-0.2, 0) is 0 Å². The Bertz CT molecular complexity index is 460. The van der Waals surface area contributed by atoms with Crippen molar-refractivity contribution in [3.63, 3.8) is 0 Å². The van der Waals surface area contributed by atoms with E-state index in [0.717, 1.165) is 13.1 Å². The van der Waals surface area contributed by atoms with Gasteiger partial charge in [0.05, 0.1) is 4.92 Å². The number of nitrogens with zero attached hydrogens (tertiary/aromatic N) is 4. The Balaban J connectivity index is 2.36. The van der Waals surface area contributed by atoms with E-state index in [2.05, 4.69) is 23.8 Å². The third-order valence-electron chi connectivity index (χ3n) is 2.68. The molecule has 0 aromatic carbocycles. The Morgan fingerprint density at radius 2 is 2.11 bits per heavy atom. The lowest BCUT2D eigenvalue weighted by Gasteiger charge is -2.34. The van der Waals surface area contributed by atoms with Gasteiger partial charge < -0.3 is 10.6 Å². The van der Waals surface area contributed by atoms with Crippen LogP contribution in [0.5, 0.6) is 0 Å². The van der Waals surface area contributed by atoms with Crippen molar-refractivity contribution in [3.8, 4) is 0 Å². The van der Waals surface area contributed by atoms with Crippen LogP contribution in [0.3, 0.4) is 0 Å². The van der Waals surface area contributed by atoms with E-state index in [1.165, 1.54) is 6.20 Å². The molecule has 0 aliphatic carbocycles.